The Morgan fingerprint density at radius 3 is 2.48 bits per heavy atom. The third-order valence-corrected chi connectivity index (χ3v) is 7.55. The normalized spacial score (nSPS) is 29.1. The molecule has 3 N–H and O–H groups in total. The summed E-state index contributed by atoms with van der Waals surface area (Å²) < 4.78 is 0. The molecule has 3 aliphatic rings. The number of carbonyl (C=O) groups is 3. The van der Waals surface area contributed by atoms with Crippen molar-refractivity contribution in [3.05, 3.63) is 42.0 Å². The Labute approximate surface area is 194 Å². The first-order valence-corrected chi connectivity index (χ1v) is 11.7. The molecular weight excluding hydrogens is 422 g/mol. The molecule has 1 aromatic rings. The second-order valence-electron chi connectivity index (χ2n) is 10.2. The number of benzene rings is 1. The predicted octanol–water partition coefficient (Wildman–Crippen LogP) is 3.23. The molecule has 8 nitrogen and oxygen atoms in total. The van der Waals surface area contributed by atoms with Crippen LogP contribution in [0.1, 0.15) is 45.1 Å². The number of carbonyl (C=O) groups excluding carboxylic acids is 2. The third kappa shape index (κ3) is 4.62. The Bertz CT molecular complexity index is 947. The highest BCUT2D eigenvalue weighted by Gasteiger charge is 2.62. The van der Waals surface area contributed by atoms with Crippen LogP contribution < -0.4 is 5.48 Å². The monoisotopic (exact) mass is 455 g/mol. The minimum Gasteiger partial charge on any atom is -0.465 e. The molecule has 4 atom stereocenters. The summed E-state index contributed by atoms with van der Waals surface area (Å²) in [6.45, 7) is 5.33. The molecule has 1 aromatic carbocycles. The van der Waals surface area contributed by atoms with E-state index in [2.05, 4.69) is 13.8 Å². The summed E-state index contributed by atoms with van der Waals surface area (Å²) in [5.41, 5.74) is 3.66. The molecule has 33 heavy (non-hydrogen) atoms. The molecule has 1 aliphatic carbocycles. The Kier molecular flexibility index (Phi) is 6.47. The minimum absolute atomic E-state index is 0.254. The summed E-state index contributed by atoms with van der Waals surface area (Å²) >= 11 is 0. The molecule has 0 radical (unpaired) electrons. The number of amides is 3. The van der Waals surface area contributed by atoms with E-state index in [1.54, 1.807) is 10.4 Å². The summed E-state index contributed by atoms with van der Waals surface area (Å²) in [5.74, 6) is -1.17. The molecule has 3 amide bonds. The van der Waals surface area contributed by atoms with Crippen molar-refractivity contribution in [3.8, 4) is 0 Å². The van der Waals surface area contributed by atoms with Crippen molar-refractivity contribution >= 4 is 23.5 Å². The van der Waals surface area contributed by atoms with E-state index in [9.17, 15) is 24.7 Å². The van der Waals surface area contributed by atoms with Crippen molar-refractivity contribution in [2.75, 3.05) is 19.6 Å². The van der Waals surface area contributed by atoms with E-state index in [1.165, 1.54) is 0 Å². The molecule has 1 spiro atoms. The van der Waals surface area contributed by atoms with Crippen molar-refractivity contribution in [2.45, 2.75) is 45.6 Å². The summed E-state index contributed by atoms with van der Waals surface area (Å²) in [6.07, 6.45) is 3.67. The number of hydrogen-bond acceptors (Lipinski definition) is 4. The molecule has 1 saturated carbocycles. The lowest BCUT2D eigenvalue weighted by molar-refractivity contribution is -0.150. The van der Waals surface area contributed by atoms with Crippen LogP contribution in [0.3, 0.4) is 0 Å². The SMILES string of the molecule is CC(C)CC1CC12C[C@H](C(=O)NO)[C@@H](C(=O)N1CC=C(c3ccccc3)CC1)N(C(=O)O)C2. The Hall–Kier alpha value is -2.87. The summed E-state index contributed by atoms with van der Waals surface area (Å²) in [7, 11) is 0. The van der Waals surface area contributed by atoms with Crippen molar-refractivity contribution in [1.29, 1.82) is 0 Å². The lowest BCUT2D eigenvalue weighted by Gasteiger charge is -2.44. The van der Waals surface area contributed by atoms with Crippen LogP contribution in [-0.2, 0) is 9.59 Å². The van der Waals surface area contributed by atoms with Crippen molar-refractivity contribution in [1.82, 2.24) is 15.3 Å². The van der Waals surface area contributed by atoms with Gasteiger partial charge in [-0.1, -0.05) is 50.3 Å². The zero-order chi connectivity index (χ0) is 23.8. The third-order valence-electron chi connectivity index (χ3n) is 7.55. The second kappa shape index (κ2) is 9.17. The van der Waals surface area contributed by atoms with E-state index in [4.69, 9.17) is 0 Å². The van der Waals surface area contributed by atoms with E-state index < -0.39 is 24.0 Å². The van der Waals surface area contributed by atoms with Crippen molar-refractivity contribution in [2.24, 2.45) is 23.2 Å². The maximum Gasteiger partial charge on any atom is 0.408 e. The molecule has 0 aromatic heterocycles. The van der Waals surface area contributed by atoms with Gasteiger partial charge in [0.2, 0.25) is 11.8 Å². The van der Waals surface area contributed by atoms with Gasteiger partial charge >= 0.3 is 6.09 Å². The molecule has 8 heteroatoms. The van der Waals surface area contributed by atoms with E-state index >= 15 is 0 Å². The molecule has 2 aliphatic heterocycles. The van der Waals surface area contributed by atoms with Gasteiger partial charge in [-0.2, -0.15) is 0 Å². The number of nitrogens with zero attached hydrogens (tertiary/aromatic N) is 2. The average molecular weight is 456 g/mol. The van der Waals surface area contributed by atoms with Gasteiger partial charge in [-0.3, -0.25) is 19.7 Å². The molecule has 2 fully saturated rings. The van der Waals surface area contributed by atoms with Gasteiger partial charge in [0.15, 0.2) is 0 Å². The standard InChI is InChI=1S/C25H33N3O5/c1-16(2)12-19-13-25(19)14-20(22(29)26-33)21(28(15-25)24(31)32)23(30)27-10-8-18(9-11-27)17-6-4-3-5-7-17/h3-8,16,19-21,33H,9-15H2,1-2H3,(H,26,29)(H,31,32)/t19?,20-,21-,25?/m0/s1. The fraction of sp³-hybridized carbons (Fsp3) is 0.560. The number of piperidine rings is 1. The fourth-order valence-electron chi connectivity index (χ4n) is 5.83. The number of hydroxylamine groups is 1. The van der Waals surface area contributed by atoms with Crippen molar-refractivity contribution in [3.63, 3.8) is 0 Å². The summed E-state index contributed by atoms with van der Waals surface area (Å²) in [4.78, 5) is 41.2. The minimum atomic E-state index is -1.20. The quantitative estimate of drug-likeness (QED) is 0.466. The van der Waals surface area contributed by atoms with E-state index in [-0.39, 0.29) is 17.9 Å². The van der Waals surface area contributed by atoms with Gasteiger partial charge in [0, 0.05) is 19.6 Å². The Balaban J connectivity index is 1.55. The van der Waals surface area contributed by atoms with Crippen LogP contribution in [0.25, 0.3) is 5.57 Å². The van der Waals surface area contributed by atoms with Crippen LogP contribution in [0, 0.1) is 23.2 Å². The van der Waals surface area contributed by atoms with Crippen LogP contribution in [0.15, 0.2) is 36.4 Å². The number of carboxylic acid groups (broad SMARTS) is 1. The van der Waals surface area contributed by atoms with Gasteiger partial charge in [-0.05, 0) is 54.1 Å². The highest BCUT2D eigenvalue weighted by Crippen LogP contribution is 2.62. The molecule has 2 heterocycles. The Morgan fingerprint density at radius 1 is 1.18 bits per heavy atom. The van der Waals surface area contributed by atoms with Crippen LogP contribution in [0.5, 0.6) is 0 Å². The first kappa shape index (κ1) is 23.3. The molecule has 0 bridgehead atoms. The molecule has 4 rings (SSSR count). The van der Waals surface area contributed by atoms with Gasteiger partial charge < -0.3 is 10.0 Å². The predicted molar refractivity (Wildman–Crippen MR) is 122 cm³/mol. The maximum atomic E-state index is 13.6. The highest BCUT2D eigenvalue weighted by molar-refractivity contribution is 5.93. The zero-order valence-electron chi connectivity index (χ0n) is 19.2. The number of rotatable bonds is 5. The smallest absolute Gasteiger partial charge is 0.408 e. The van der Waals surface area contributed by atoms with Gasteiger partial charge in [-0.25, -0.2) is 10.3 Å². The lowest BCUT2D eigenvalue weighted by atomic mass is 9.78. The first-order valence-electron chi connectivity index (χ1n) is 11.7. The Morgan fingerprint density at radius 2 is 1.91 bits per heavy atom. The zero-order valence-corrected chi connectivity index (χ0v) is 19.2. The van der Waals surface area contributed by atoms with E-state index in [0.717, 1.165) is 28.9 Å². The van der Waals surface area contributed by atoms with Crippen LogP contribution >= 0.6 is 0 Å². The average Bonchev–Trinajstić information content (AvgIpc) is 3.47. The number of hydrogen-bond donors (Lipinski definition) is 3. The van der Waals surface area contributed by atoms with Crippen LogP contribution in [-0.4, -0.2) is 63.7 Å². The molecule has 1 saturated heterocycles. The van der Waals surface area contributed by atoms with Gasteiger partial charge in [-0.15, -0.1) is 0 Å². The summed E-state index contributed by atoms with van der Waals surface area (Å²) in [5, 5.41) is 19.4. The lowest BCUT2D eigenvalue weighted by Crippen LogP contribution is -2.62. The fourth-order valence-corrected chi connectivity index (χ4v) is 5.83. The summed E-state index contributed by atoms with van der Waals surface area (Å²) in [6, 6.07) is 8.82. The first-order chi connectivity index (χ1) is 15.8. The van der Waals surface area contributed by atoms with Gasteiger partial charge in [0.05, 0.1) is 5.92 Å². The highest BCUT2D eigenvalue weighted by atomic mass is 16.5. The van der Waals surface area contributed by atoms with Gasteiger partial charge in [0.25, 0.3) is 0 Å². The van der Waals surface area contributed by atoms with Crippen LogP contribution in [0.2, 0.25) is 0 Å². The van der Waals surface area contributed by atoms with Gasteiger partial charge in [0.1, 0.15) is 6.04 Å². The van der Waals surface area contributed by atoms with Crippen LogP contribution in [0.4, 0.5) is 4.79 Å². The number of likely N-dealkylation sites (tertiary alicyclic amines) is 1. The van der Waals surface area contributed by atoms with E-state index in [1.807, 2.05) is 36.4 Å². The van der Waals surface area contributed by atoms with Crippen molar-refractivity contribution < 1.29 is 24.7 Å². The topological polar surface area (TPSA) is 110 Å². The molecule has 178 valence electrons. The second-order valence-corrected chi connectivity index (χ2v) is 10.2. The molecular formula is C25H33N3O5. The number of nitrogens with one attached hydrogen (secondary N) is 1. The largest absolute Gasteiger partial charge is 0.465 e. The molecule has 2 unspecified atom stereocenters. The van der Waals surface area contributed by atoms with E-state index in [0.29, 0.717) is 37.8 Å². The maximum absolute atomic E-state index is 13.6.